The number of hydrogen-bond donors (Lipinski definition) is 5. The van der Waals surface area contributed by atoms with Crippen LogP contribution >= 0.6 is 0 Å². The first-order valence-electron chi connectivity index (χ1n) is 5.07. The van der Waals surface area contributed by atoms with Gasteiger partial charge >= 0.3 is 5.97 Å². The summed E-state index contributed by atoms with van der Waals surface area (Å²) in [6, 6.07) is 2.14. The van der Waals surface area contributed by atoms with Crippen molar-refractivity contribution in [3.63, 3.8) is 0 Å². The van der Waals surface area contributed by atoms with Crippen LogP contribution in [0.15, 0.2) is 18.2 Å². The lowest BCUT2D eigenvalue weighted by Gasteiger charge is -2.17. The van der Waals surface area contributed by atoms with E-state index in [0.29, 0.717) is 0 Å². The van der Waals surface area contributed by atoms with Crippen LogP contribution in [0.1, 0.15) is 17.3 Å². The SMILES string of the molecule is C[C@@H](O)[C@H](NC(=O)c1c(O)cccc1O)C(=O)O. The van der Waals surface area contributed by atoms with Gasteiger partial charge in [0, 0.05) is 0 Å². The Bertz CT molecular complexity index is 450. The summed E-state index contributed by atoms with van der Waals surface area (Å²) in [5, 5.41) is 38.8. The summed E-state index contributed by atoms with van der Waals surface area (Å²) < 4.78 is 0. The molecule has 0 aliphatic carbocycles. The number of rotatable bonds is 4. The highest BCUT2D eigenvalue weighted by atomic mass is 16.4. The van der Waals surface area contributed by atoms with E-state index in [9.17, 15) is 24.9 Å². The molecule has 1 amide bonds. The summed E-state index contributed by atoms with van der Waals surface area (Å²) in [5.74, 6) is -3.38. The Balaban J connectivity index is 2.98. The molecule has 0 saturated carbocycles. The summed E-state index contributed by atoms with van der Waals surface area (Å²) in [6.45, 7) is 1.20. The number of carboxylic acid groups (broad SMARTS) is 1. The van der Waals surface area contributed by atoms with Gasteiger partial charge in [-0.25, -0.2) is 4.79 Å². The predicted molar refractivity (Wildman–Crippen MR) is 60.3 cm³/mol. The van der Waals surface area contributed by atoms with Crippen LogP contribution in [0.25, 0.3) is 0 Å². The van der Waals surface area contributed by atoms with Crippen LogP contribution in [0.2, 0.25) is 0 Å². The van der Waals surface area contributed by atoms with E-state index in [0.717, 1.165) is 0 Å². The Kier molecular flexibility index (Phi) is 4.11. The fourth-order valence-electron chi connectivity index (χ4n) is 1.36. The Morgan fingerprint density at radius 1 is 1.22 bits per heavy atom. The van der Waals surface area contributed by atoms with E-state index >= 15 is 0 Å². The summed E-state index contributed by atoms with van der Waals surface area (Å²) in [7, 11) is 0. The van der Waals surface area contributed by atoms with Crippen LogP contribution < -0.4 is 5.32 Å². The molecule has 0 bridgehead atoms. The zero-order chi connectivity index (χ0) is 13.9. The van der Waals surface area contributed by atoms with Gasteiger partial charge in [-0.05, 0) is 19.1 Å². The number of nitrogens with one attached hydrogen (secondary N) is 1. The molecule has 98 valence electrons. The van der Waals surface area contributed by atoms with Crippen molar-refractivity contribution in [1.82, 2.24) is 5.32 Å². The minimum Gasteiger partial charge on any atom is -0.507 e. The monoisotopic (exact) mass is 255 g/mol. The number of phenols is 2. The number of aliphatic hydroxyl groups excluding tert-OH is 1. The van der Waals surface area contributed by atoms with Crippen molar-refractivity contribution < 1.29 is 30.0 Å². The molecule has 2 atom stereocenters. The van der Waals surface area contributed by atoms with Crippen molar-refractivity contribution in [3.05, 3.63) is 23.8 Å². The van der Waals surface area contributed by atoms with Crippen LogP contribution in [0.3, 0.4) is 0 Å². The molecule has 5 N–H and O–H groups in total. The first-order valence-corrected chi connectivity index (χ1v) is 5.07. The quantitative estimate of drug-likeness (QED) is 0.501. The zero-order valence-corrected chi connectivity index (χ0v) is 9.49. The third-order valence-corrected chi connectivity index (χ3v) is 2.28. The highest BCUT2D eigenvalue weighted by Crippen LogP contribution is 2.26. The van der Waals surface area contributed by atoms with Gasteiger partial charge in [-0.2, -0.15) is 0 Å². The molecule has 0 aliphatic rings. The standard InChI is InChI=1S/C11H13NO6/c1-5(13)9(11(17)18)12-10(16)8-6(14)3-2-4-7(8)15/h2-5,9,13-15H,1H3,(H,12,16)(H,17,18)/t5-,9+/m1/s1. The number of carboxylic acids is 1. The maximum atomic E-state index is 11.7. The van der Waals surface area contributed by atoms with E-state index in [1.165, 1.54) is 25.1 Å². The number of aromatic hydroxyl groups is 2. The number of amides is 1. The van der Waals surface area contributed by atoms with Crippen LogP contribution in [0.4, 0.5) is 0 Å². The summed E-state index contributed by atoms with van der Waals surface area (Å²) in [5.41, 5.74) is -0.440. The van der Waals surface area contributed by atoms with Crippen LogP contribution in [0.5, 0.6) is 11.5 Å². The van der Waals surface area contributed by atoms with Crippen molar-refractivity contribution in [3.8, 4) is 11.5 Å². The molecule has 1 aromatic carbocycles. The van der Waals surface area contributed by atoms with Gasteiger partial charge in [0.2, 0.25) is 0 Å². The second-order valence-electron chi connectivity index (χ2n) is 3.70. The van der Waals surface area contributed by atoms with E-state index in [-0.39, 0.29) is 0 Å². The molecule has 7 heteroatoms. The molecule has 0 aliphatic heterocycles. The lowest BCUT2D eigenvalue weighted by molar-refractivity contribution is -0.141. The molecule has 18 heavy (non-hydrogen) atoms. The summed E-state index contributed by atoms with van der Waals surface area (Å²) in [4.78, 5) is 22.5. The van der Waals surface area contributed by atoms with Crippen molar-refractivity contribution in [2.75, 3.05) is 0 Å². The largest absolute Gasteiger partial charge is 0.507 e. The van der Waals surface area contributed by atoms with Gasteiger partial charge in [0.25, 0.3) is 5.91 Å². The van der Waals surface area contributed by atoms with E-state index in [2.05, 4.69) is 0 Å². The maximum Gasteiger partial charge on any atom is 0.328 e. The number of benzene rings is 1. The second-order valence-corrected chi connectivity index (χ2v) is 3.70. The number of carbonyl (C=O) groups is 2. The molecule has 0 fully saturated rings. The van der Waals surface area contributed by atoms with Gasteiger partial charge in [0.15, 0.2) is 6.04 Å². The van der Waals surface area contributed by atoms with Gasteiger partial charge < -0.3 is 25.7 Å². The third kappa shape index (κ3) is 2.89. The van der Waals surface area contributed by atoms with E-state index in [1.807, 2.05) is 5.32 Å². The fourth-order valence-corrected chi connectivity index (χ4v) is 1.36. The Morgan fingerprint density at radius 2 is 1.72 bits per heavy atom. The Morgan fingerprint density at radius 3 is 2.11 bits per heavy atom. The first-order chi connectivity index (χ1) is 8.34. The summed E-state index contributed by atoms with van der Waals surface area (Å²) >= 11 is 0. The molecule has 0 unspecified atom stereocenters. The van der Waals surface area contributed by atoms with Crippen LogP contribution in [-0.4, -0.2) is 44.4 Å². The van der Waals surface area contributed by atoms with Gasteiger partial charge in [0.1, 0.15) is 17.1 Å². The third-order valence-electron chi connectivity index (χ3n) is 2.28. The molecule has 7 nitrogen and oxygen atoms in total. The maximum absolute atomic E-state index is 11.7. The van der Waals surface area contributed by atoms with Crippen molar-refractivity contribution in [2.45, 2.75) is 19.1 Å². The summed E-state index contributed by atoms with van der Waals surface area (Å²) in [6.07, 6.45) is -1.32. The first kappa shape index (κ1) is 13.8. The molecule has 0 saturated heterocycles. The van der Waals surface area contributed by atoms with E-state index in [4.69, 9.17) is 5.11 Å². The highest BCUT2D eigenvalue weighted by molar-refractivity contribution is 6.01. The van der Waals surface area contributed by atoms with Crippen LogP contribution in [-0.2, 0) is 4.79 Å². The molecular formula is C11H13NO6. The molecular weight excluding hydrogens is 242 g/mol. The van der Waals surface area contributed by atoms with Crippen LogP contribution in [0, 0.1) is 0 Å². The average molecular weight is 255 g/mol. The highest BCUT2D eigenvalue weighted by Gasteiger charge is 2.27. The Hall–Kier alpha value is -2.28. The van der Waals surface area contributed by atoms with Crippen molar-refractivity contribution >= 4 is 11.9 Å². The number of aliphatic carboxylic acids is 1. The number of aliphatic hydroxyl groups is 1. The number of carbonyl (C=O) groups excluding carboxylic acids is 1. The van der Waals surface area contributed by atoms with Gasteiger partial charge in [-0.15, -0.1) is 0 Å². The number of hydrogen-bond acceptors (Lipinski definition) is 5. The van der Waals surface area contributed by atoms with Gasteiger partial charge in [-0.3, -0.25) is 4.79 Å². The lowest BCUT2D eigenvalue weighted by atomic mass is 10.1. The zero-order valence-electron chi connectivity index (χ0n) is 9.49. The topological polar surface area (TPSA) is 127 Å². The molecule has 1 rings (SSSR count). The van der Waals surface area contributed by atoms with Gasteiger partial charge in [0.05, 0.1) is 6.10 Å². The normalized spacial score (nSPS) is 13.7. The van der Waals surface area contributed by atoms with E-state index < -0.39 is 41.1 Å². The molecule has 0 radical (unpaired) electrons. The second kappa shape index (κ2) is 5.37. The fraction of sp³-hybridized carbons (Fsp3) is 0.273. The molecule has 0 heterocycles. The average Bonchev–Trinajstić information content (AvgIpc) is 2.24. The molecule has 0 spiro atoms. The van der Waals surface area contributed by atoms with Gasteiger partial charge in [-0.1, -0.05) is 6.07 Å². The lowest BCUT2D eigenvalue weighted by Crippen LogP contribution is -2.47. The minimum atomic E-state index is -1.53. The van der Waals surface area contributed by atoms with Crippen molar-refractivity contribution in [2.24, 2.45) is 0 Å². The van der Waals surface area contributed by atoms with E-state index in [1.54, 1.807) is 0 Å². The number of phenolic OH excluding ortho intramolecular Hbond substituents is 2. The molecule has 1 aromatic rings. The smallest absolute Gasteiger partial charge is 0.328 e. The minimum absolute atomic E-state index is 0.440. The van der Waals surface area contributed by atoms with Crippen molar-refractivity contribution in [1.29, 1.82) is 0 Å². The Labute approximate surface area is 102 Å². The predicted octanol–water partition coefficient (Wildman–Crippen LogP) is -0.338. The molecule has 0 aromatic heterocycles.